The van der Waals surface area contributed by atoms with Crippen molar-refractivity contribution in [3.8, 4) is 10.7 Å². The molecule has 4 rings (SSSR count). The highest BCUT2D eigenvalue weighted by molar-refractivity contribution is 7.13. The number of hydrogen-bond acceptors (Lipinski definition) is 3. The van der Waals surface area contributed by atoms with Crippen LogP contribution < -0.4 is 5.32 Å². The number of aromatic nitrogens is 2. The first-order valence-corrected chi connectivity index (χ1v) is 9.98. The summed E-state index contributed by atoms with van der Waals surface area (Å²) in [5, 5.41) is 5.13. The lowest BCUT2D eigenvalue weighted by Gasteiger charge is -2.20. The molecule has 2 aromatic carbocycles. The molecule has 2 heterocycles. The summed E-state index contributed by atoms with van der Waals surface area (Å²) in [6.45, 7) is 2.57. The Hall–Kier alpha value is -2.92. The number of thiophene rings is 1. The van der Waals surface area contributed by atoms with Gasteiger partial charge in [-0.15, -0.1) is 11.3 Å². The first kappa shape index (κ1) is 17.5. The Morgan fingerprint density at radius 3 is 2.59 bits per heavy atom. The fraction of sp³-hybridized carbons (Fsp3) is 0.182. The van der Waals surface area contributed by atoms with Crippen LogP contribution in [0.25, 0.3) is 21.7 Å². The van der Waals surface area contributed by atoms with Crippen LogP contribution in [0.3, 0.4) is 0 Å². The van der Waals surface area contributed by atoms with E-state index in [2.05, 4.69) is 16.0 Å². The summed E-state index contributed by atoms with van der Waals surface area (Å²) < 4.78 is 2.08. The molecule has 0 saturated carbocycles. The van der Waals surface area contributed by atoms with E-state index in [0.29, 0.717) is 13.0 Å². The van der Waals surface area contributed by atoms with Gasteiger partial charge in [0.25, 0.3) is 0 Å². The van der Waals surface area contributed by atoms with E-state index < -0.39 is 0 Å². The largest absolute Gasteiger partial charge is 0.350 e. The molecule has 0 saturated heterocycles. The van der Waals surface area contributed by atoms with E-state index in [4.69, 9.17) is 4.98 Å². The van der Waals surface area contributed by atoms with Gasteiger partial charge in [0.2, 0.25) is 5.91 Å². The number of nitrogens with zero attached hydrogens (tertiary/aromatic N) is 2. The summed E-state index contributed by atoms with van der Waals surface area (Å²) in [5.74, 6) is 0.871. The second-order valence-corrected chi connectivity index (χ2v) is 7.35. The second kappa shape index (κ2) is 7.76. The second-order valence-electron chi connectivity index (χ2n) is 6.40. The molecule has 1 unspecified atom stereocenters. The Bertz CT molecular complexity index is 1040. The molecule has 2 aromatic heterocycles. The van der Waals surface area contributed by atoms with E-state index in [1.807, 2.05) is 73.0 Å². The monoisotopic (exact) mass is 375 g/mol. The Labute approximate surface area is 162 Å². The fourth-order valence-corrected chi connectivity index (χ4v) is 4.04. The van der Waals surface area contributed by atoms with Crippen LogP contribution in [0, 0.1) is 0 Å². The molecule has 0 fully saturated rings. The SMILES string of the molecule is CCC(C(=O)NCc1ccccc1)n1c(-c2cccs2)nc2ccccc21. The van der Waals surface area contributed by atoms with Crippen LogP contribution in [-0.2, 0) is 11.3 Å². The minimum Gasteiger partial charge on any atom is -0.350 e. The van der Waals surface area contributed by atoms with Crippen molar-refractivity contribution in [3.63, 3.8) is 0 Å². The van der Waals surface area contributed by atoms with E-state index in [-0.39, 0.29) is 11.9 Å². The molecule has 4 nitrogen and oxygen atoms in total. The van der Waals surface area contributed by atoms with Crippen LogP contribution in [0.1, 0.15) is 24.9 Å². The number of rotatable bonds is 6. The zero-order valence-electron chi connectivity index (χ0n) is 15.1. The summed E-state index contributed by atoms with van der Waals surface area (Å²) in [5.41, 5.74) is 2.99. The maximum atomic E-state index is 13.1. The summed E-state index contributed by atoms with van der Waals surface area (Å²) in [6.07, 6.45) is 0.694. The van der Waals surface area contributed by atoms with Gasteiger partial charge < -0.3 is 9.88 Å². The predicted molar refractivity (Wildman–Crippen MR) is 111 cm³/mol. The number of carbonyl (C=O) groups excluding carboxylic acids is 1. The zero-order valence-corrected chi connectivity index (χ0v) is 15.9. The molecule has 0 bridgehead atoms. The number of imidazole rings is 1. The lowest BCUT2D eigenvalue weighted by Crippen LogP contribution is -2.32. The van der Waals surface area contributed by atoms with Crippen molar-refractivity contribution in [2.24, 2.45) is 0 Å². The van der Waals surface area contributed by atoms with Crippen molar-refractivity contribution >= 4 is 28.3 Å². The molecule has 0 aliphatic carbocycles. The first-order chi connectivity index (χ1) is 13.3. The van der Waals surface area contributed by atoms with Crippen molar-refractivity contribution in [3.05, 3.63) is 77.7 Å². The predicted octanol–water partition coefficient (Wildman–Crippen LogP) is 5.03. The summed E-state index contributed by atoms with van der Waals surface area (Å²) in [7, 11) is 0. The number of nitrogens with one attached hydrogen (secondary N) is 1. The number of hydrogen-bond donors (Lipinski definition) is 1. The van der Waals surface area contributed by atoms with Crippen LogP contribution in [0.5, 0.6) is 0 Å². The van der Waals surface area contributed by atoms with Crippen LogP contribution in [0.2, 0.25) is 0 Å². The smallest absolute Gasteiger partial charge is 0.243 e. The van der Waals surface area contributed by atoms with Crippen LogP contribution >= 0.6 is 11.3 Å². The number of benzene rings is 2. The molecule has 4 aromatic rings. The normalized spacial score (nSPS) is 12.2. The highest BCUT2D eigenvalue weighted by Gasteiger charge is 2.25. The summed E-state index contributed by atoms with van der Waals surface area (Å²) in [6, 6.07) is 21.7. The third kappa shape index (κ3) is 3.51. The van der Waals surface area contributed by atoms with E-state index in [9.17, 15) is 4.79 Å². The molecule has 0 spiro atoms. The van der Waals surface area contributed by atoms with E-state index in [0.717, 1.165) is 27.3 Å². The minimum atomic E-state index is -0.307. The molecule has 1 amide bonds. The van der Waals surface area contributed by atoms with E-state index in [1.54, 1.807) is 11.3 Å². The molecule has 0 aliphatic rings. The van der Waals surface area contributed by atoms with Gasteiger partial charge in [-0.25, -0.2) is 4.98 Å². The van der Waals surface area contributed by atoms with Gasteiger partial charge in [-0.05, 0) is 35.6 Å². The average Bonchev–Trinajstić information content (AvgIpc) is 3.36. The van der Waals surface area contributed by atoms with Crippen molar-refractivity contribution in [1.82, 2.24) is 14.9 Å². The maximum Gasteiger partial charge on any atom is 0.243 e. The molecule has 0 radical (unpaired) electrons. The topological polar surface area (TPSA) is 46.9 Å². The summed E-state index contributed by atoms with van der Waals surface area (Å²) >= 11 is 1.64. The van der Waals surface area contributed by atoms with Gasteiger partial charge in [-0.2, -0.15) is 0 Å². The van der Waals surface area contributed by atoms with Crippen molar-refractivity contribution in [2.75, 3.05) is 0 Å². The highest BCUT2D eigenvalue weighted by atomic mass is 32.1. The quantitative estimate of drug-likeness (QED) is 0.514. The van der Waals surface area contributed by atoms with E-state index >= 15 is 0 Å². The third-order valence-electron chi connectivity index (χ3n) is 4.65. The van der Waals surface area contributed by atoms with Gasteiger partial charge in [0.05, 0.1) is 15.9 Å². The van der Waals surface area contributed by atoms with Gasteiger partial charge in [-0.1, -0.05) is 55.5 Å². The van der Waals surface area contributed by atoms with E-state index in [1.165, 1.54) is 0 Å². The number of amides is 1. The molecular weight excluding hydrogens is 354 g/mol. The van der Waals surface area contributed by atoms with Gasteiger partial charge in [0.15, 0.2) is 5.82 Å². The Balaban J connectivity index is 1.70. The maximum absolute atomic E-state index is 13.1. The molecule has 1 atom stereocenters. The summed E-state index contributed by atoms with van der Waals surface area (Å²) in [4.78, 5) is 18.9. The van der Waals surface area contributed by atoms with Crippen LogP contribution in [0.4, 0.5) is 0 Å². The molecule has 0 aliphatic heterocycles. The average molecular weight is 375 g/mol. The number of fused-ring (bicyclic) bond motifs is 1. The van der Waals surface area contributed by atoms with Crippen LogP contribution in [-0.4, -0.2) is 15.5 Å². The minimum absolute atomic E-state index is 0.0160. The molecule has 27 heavy (non-hydrogen) atoms. The van der Waals surface area contributed by atoms with Crippen molar-refractivity contribution < 1.29 is 4.79 Å². The number of carbonyl (C=O) groups is 1. The first-order valence-electron chi connectivity index (χ1n) is 9.10. The molecule has 136 valence electrons. The zero-order chi connectivity index (χ0) is 18.6. The van der Waals surface area contributed by atoms with Gasteiger partial charge in [0.1, 0.15) is 6.04 Å². The van der Waals surface area contributed by atoms with Gasteiger partial charge >= 0.3 is 0 Å². The van der Waals surface area contributed by atoms with Crippen molar-refractivity contribution in [1.29, 1.82) is 0 Å². The third-order valence-corrected chi connectivity index (χ3v) is 5.51. The lowest BCUT2D eigenvalue weighted by molar-refractivity contribution is -0.124. The molecular formula is C22H21N3OS. The van der Waals surface area contributed by atoms with Crippen molar-refractivity contribution in [2.45, 2.75) is 25.9 Å². The number of para-hydroxylation sites is 2. The lowest BCUT2D eigenvalue weighted by atomic mass is 10.1. The molecule has 1 N–H and O–H groups in total. The molecule has 5 heteroatoms. The fourth-order valence-electron chi connectivity index (χ4n) is 3.33. The Kier molecular flexibility index (Phi) is 5.03. The Morgan fingerprint density at radius 2 is 1.85 bits per heavy atom. The van der Waals surface area contributed by atoms with Gasteiger partial charge in [0, 0.05) is 6.54 Å². The van der Waals surface area contributed by atoms with Crippen LogP contribution in [0.15, 0.2) is 72.1 Å². The Morgan fingerprint density at radius 1 is 1.07 bits per heavy atom. The van der Waals surface area contributed by atoms with Gasteiger partial charge in [-0.3, -0.25) is 4.79 Å². The highest BCUT2D eigenvalue weighted by Crippen LogP contribution is 2.32. The standard InChI is InChI=1S/C22H21N3OS/c1-2-18(22(26)23-15-16-9-4-3-5-10-16)25-19-12-7-6-11-17(19)24-21(25)20-13-8-14-27-20/h3-14,18H,2,15H2,1H3,(H,23,26).